The first-order valence-corrected chi connectivity index (χ1v) is 8.62. The lowest BCUT2D eigenvalue weighted by molar-refractivity contribution is 0.102. The van der Waals surface area contributed by atoms with Crippen LogP contribution < -0.4 is 15.4 Å². The Hall–Kier alpha value is -2.64. The van der Waals surface area contributed by atoms with Crippen molar-refractivity contribution < 1.29 is 9.53 Å². The number of carbonyl (C=O) groups excluding carboxylic acids is 1. The monoisotopic (exact) mass is 374 g/mol. The molecule has 0 saturated heterocycles. The molecule has 2 N–H and O–H groups in total. The standard InChI is InChI=1S/C17H15ClN4O2S/c1-10-4-3-5-15(19-10)22-17-21-13(9-25-17)16(23)20-11-6-7-14(24-2)12(18)8-11/h3-9H,1-2H3,(H,20,23)(H,19,21,22). The number of aryl methyl sites for hydroxylation is 1. The Morgan fingerprint density at radius 2 is 2.08 bits per heavy atom. The zero-order chi connectivity index (χ0) is 17.8. The number of thiazole rings is 1. The largest absolute Gasteiger partial charge is 0.495 e. The number of halogens is 1. The predicted octanol–water partition coefficient (Wildman–Crippen LogP) is 4.50. The number of hydrogen-bond acceptors (Lipinski definition) is 6. The van der Waals surface area contributed by atoms with Crippen molar-refractivity contribution >= 4 is 45.5 Å². The minimum absolute atomic E-state index is 0.312. The molecule has 0 atom stereocenters. The van der Waals surface area contributed by atoms with Crippen LogP contribution in [0.1, 0.15) is 16.2 Å². The SMILES string of the molecule is COc1ccc(NC(=O)c2csc(Nc3cccc(C)n3)n2)cc1Cl. The first-order chi connectivity index (χ1) is 12.0. The van der Waals surface area contributed by atoms with Crippen molar-refractivity contribution in [2.45, 2.75) is 6.92 Å². The maximum Gasteiger partial charge on any atom is 0.275 e. The number of aromatic nitrogens is 2. The Bertz CT molecular complexity index is 913. The van der Waals surface area contributed by atoms with Crippen molar-refractivity contribution in [1.82, 2.24) is 9.97 Å². The van der Waals surface area contributed by atoms with E-state index in [1.807, 2.05) is 25.1 Å². The highest BCUT2D eigenvalue weighted by Crippen LogP contribution is 2.27. The van der Waals surface area contributed by atoms with E-state index in [1.54, 1.807) is 23.6 Å². The summed E-state index contributed by atoms with van der Waals surface area (Å²) in [6.07, 6.45) is 0. The molecule has 25 heavy (non-hydrogen) atoms. The van der Waals surface area contributed by atoms with Gasteiger partial charge in [-0.15, -0.1) is 11.3 Å². The Balaban J connectivity index is 1.69. The minimum Gasteiger partial charge on any atom is -0.495 e. The number of nitrogens with zero attached hydrogens (tertiary/aromatic N) is 2. The quantitative estimate of drug-likeness (QED) is 0.687. The van der Waals surface area contributed by atoms with E-state index in [9.17, 15) is 4.79 Å². The second-order valence-corrected chi connectivity index (χ2v) is 6.40. The number of anilines is 3. The molecule has 0 spiro atoms. The smallest absolute Gasteiger partial charge is 0.275 e. The molecule has 3 rings (SSSR count). The van der Waals surface area contributed by atoms with E-state index in [4.69, 9.17) is 16.3 Å². The van der Waals surface area contributed by atoms with Gasteiger partial charge >= 0.3 is 0 Å². The number of rotatable bonds is 5. The molecule has 6 nitrogen and oxygen atoms in total. The maximum absolute atomic E-state index is 12.3. The van der Waals surface area contributed by atoms with Crippen LogP contribution in [-0.4, -0.2) is 23.0 Å². The number of pyridine rings is 1. The first-order valence-electron chi connectivity index (χ1n) is 7.36. The molecule has 128 valence electrons. The van der Waals surface area contributed by atoms with Gasteiger partial charge in [0.1, 0.15) is 17.3 Å². The van der Waals surface area contributed by atoms with Crippen molar-refractivity contribution in [3.63, 3.8) is 0 Å². The summed E-state index contributed by atoms with van der Waals surface area (Å²) in [6, 6.07) is 10.7. The Labute approximate surface area is 153 Å². The predicted molar refractivity (Wildman–Crippen MR) is 100 cm³/mol. The average Bonchev–Trinajstić information content (AvgIpc) is 3.04. The molecule has 0 aliphatic carbocycles. The van der Waals surface area contributed by atoms with Crippen LogP contribution in [0.3, 0.4) is 0 Å². The van der Waals surface area contributed by atoms with E-state index < -0.39 is 0 Å². The van der Waals surface area contributed by atoms with Crippen LogP contribution in [-0.2, 0) is 0 Å². The number of ether oxygens (including phenoxy) is 1. The molecule has 0 bridgehead atoms. The molecule has 3 aromatic rings. The van der Waals surface area contributed by atoms with E-state index in [0.717, 1.165) is 5.69 Å². The summed E-state index contributed by atoms with van der Waals surface area (Å²) < 4.78 is 5.09. The molecule has 0 aliphatic heterocycles. The molecule has 0 aliphatic rings. The lowest BCUT2D eigenvalue weighted by atomic mass is 10.3. The minimum atomic E-state index is -0.317. The fraction of sp³-hybridized carbons (Fsp3) is 0.118. The highest BCUT2D eigenvalue weighted by atomic mass is 35.5. The van der Waals surface area contributed by atoms with E-state index in [1.165, 1.54) is 18.4 Å². The number of nitrogens with one attached hydrogen (secondary N) is 2. The van der Waals surface area contributed by atoms with Gasteiger partial charge in [-0.25, -0.2) is 9.97 Å². The number of carbonyl (C=O) groups is 1. The Morgan fingerprint density at radius 3 is 2.80 bits per heavy atom. The van der Waals surface area contributed by atoms with Gasteiger partial charge in [-0.05, 0) is 37.3 Å². The third kappa shape index (κ3) is 4.26. The summed E-state index contributed by atoms with van der Waals surface area (Å²) in [4.78, 5) is 20.9. The molecule has 0 unspecified atom stereocenters. The summed E-state index contributed by atoms with van der Waals surface area (Å²) in [6.45, 7) is 1.91. The average molecular weight is 375 g/mol. The van der Waals surface area contributed by atoms with Gasteiger partial charge in [-0.2, -0.15) is 0 Å². The van der Waals surface area contributed by atoms with Crippen LogP contribution in [0, 0.1) is 6.92 Å². The molecule has 1 amide bonds. The fourth-order valence-electron chi connectivity index (χ4n) is 2.10. The summed E-state index contributed by atoms with van der Waals surface area (Å²) in [7, 11) is 1.53. The van der Waals surface area contributed by atoms with Crippen LogP contribution in [0.4, 0.5) is 16.6 Å². The summed E-state index contributed by atoms with van der Waals surface area (Å²) in [5.74, 6) is 0.913. The van der Waals surface area contributed by atoms with Gasteiger partial charge in [0, 0.05) is 16.8 Å². The van der Waals surface area contributed by atoms with Crippen molar-refractivity contribution in [2.75, 3.05) is 17.7 Å². The lowest BCUT2D eigenvalue weighted by Crippen LogP contribution is -2.12. The topological polar surface area (TPSA) is 76.1 Å². The molecule has 0 radical (unpaired) electrons. The van der Waals surface area contributed by atoms with Gasteiger partial charge in [0.05, 0.1) is 12.1 Å². The molecule has 1 aromatic carbocycles. The van der Waals surface area contributed by atoms with E-state index >= 15 is 0 Å². The van der Waals surface area contributed by atoms with E-state index in [0.29, 0.717) is 33.1 Å². The highest BCUT2D eigenvalue weighted by molar-refractivity contribution is 7.14. The number of benzene rings is 1. The van der Waals surface area contributed by atoms with Crippen molar-refractivity contribution in [2.24, 2.45) is 0 Å². The molecule has 0 saturated carbocycles. The summed E-state index contributed by atoms with van der Waals surface area (Å²) in [5, 5.41) is 8.54. The number of methoxy groups -OCH3 is 1. The first kappa shape index (κ1) is 17.2. The van der Waals surface area contributed by atoms with Gasteiger partial charge in [0.2, 0.25) is 0 Å². The summed E-state index contributed by atoms with van der Waals surface area (Å²) in [5.41, 5.74) is 1.78. The highest BCUT2D eigenvalue weighted by Gasteiger charge is 2.12. The lowest BCUT2D eigenvalue weighted by Gasteiger charge is -2.07. The normalized spacial score (nSPS) is 10.4. The summed E-state index contributed by atoms with van der Waals surface area (Å²) >= 11 is 7.39. The van der Waals surface area contributed by atoms with Crippen molar-refractivity contribution in [3.05, 3.63) is 58.2 Å². The van der Waals surface area contributed by atoms with Crippen molar-refractivity contribution in [1.29, 1.82) is 0 Å². The van der Waals surface area contributed by atoms with Crippen LogP contribution in [0.2, 0.25) is 5.02 Å². The molecule has 2 heterocycles. The zero-order valence-electron chi connectivity index (χ0n) is 13.5. The van der Waals surface area contributed by atoms with Gasteiger partial charge in [0.25, 0.3) is 5.91 Å². The molecular formula is C17H15ClN4O2S. The number of hydrogen-bond donors (Lipinski definition) is 2. The van der Waals surface area contributed by atoms with Gasteiger partial charge < -0.3 is 15.4 Å². The third-order valence-electron chi connectivity index (χ3n) is 3.27. The second kappa shape index (κ2) is 7.50. The Morgan fingerprint density at radius 1 is 1.24 bits per heavy atom. The molecule has 8 heteroatoms. The van der Waals surface area contributed by atoms with Crippen LogP contribution >= 0.6 is 22.9 Å². The second-order valence-electron chi connectivity index (χ2n) is 5.13. The number of amides is 1. The van der Waals surface area contributed by atoms with Gasteiger partial charge in [-0.3, -0.25) is 4.79 Å². The third-order valence-corrected chi connectivity index (χ3v) is 4.32. The molecule has 2 aromatic heterocycles. The fourth-order valence-corrected chi connectivity index (χ4v) is 3.05. The molecule has 0 fully saturated rings. The zero-order valence-corrected chi connectivity index (χ0v) is 15.1. The van der Waals surface area contributed by atoms with Crippen LogP contribution in [0.5, 0.6) is 5.75 Å². The van der Waals surface area contributed by atoms with Gasteiger partial charge in [0.15, 0.2) is 5.13 Å². The maximum atomic E-state index is 12.3. The van der Waals surface area contributed by atoms with Gasteiger partial charge in [-0.1, -0.05) is 17.7 Å². The van der Waals surface area contributed by atoms with Crippen molar-refractivity contribution in [3.8, 4) is 5.75 Å². The van der Waals surface area contributed by atoms with Crippen LogP contribution in [0.25, 0.3) is 0 Å². The molecular weight excluding hydrogens is 360 g/mol. The van der Waals surface area contributed by atoms with Crippen LogP contribution in [0.15, 0.2) is 41.8 Å². The Kier molecular flexibility index (Phi) is 5.16. The van der Waals surface area contributed by atoms with E-state index in [-0.39, 0.29) is 5.91 Å². The van der Waals surface area contributed by atoms with E-state index in [2.05, 4.69) is 20.6 Å².